The van der Waals surface area contributed by atoms with Crippen LogP contribution in [0.5, 0.6) is 0 Å². The van der Waals surface area contributed by atoms with E-state index in [1.807, 2.05) is 0 Å². The van der Waals surface area contributed by atoms with Gasteiger partial charge in [0.2, 0.25) is 0 Å². The summed E-state index contributed by atoms with van der Waals surface area (Å²) in [4.78, 5) is 0. The highest BCUT2D eigenvalue weighted by Crippen LogP contribution is 2.10. The Bertz CT molecular complexity index is 370. The molecule has 2 radical (unpaired) electrons. The Hall–Kier alpha value is -0.773. The Kier molecular flexibility index (Phi) is 8.66. The van der Waals surface area contributed by atoms with Crippen LogP contribution in [0.4, 0.5) is 13.2 Å². The standard InChI is InChI=1S/C16H23F3Si/c1-2-3-4-5-6-7-8-9-10-20-13-11-14(17)16(19)15(18)12-13/h11-12H,2-10H2,1H3. The Morgan fingerprint density at radius 1 is 0.800 bits per heavy atom. The second-order valence-corrected chi connectivity index (χ2v) is 6.59. The fourth-order valence-corrected chi connectivity index (χ4v) is 3.32. The molecule has 0 heterocycles. The van der Waals surface area contributed by atoms with Gasteiger partial charge in [0.15, 0.2) is 17.5 Å². The highest BCUT2D eigenvalue weighted by molar-refractivity contribution is 6.53. The average Bonchev–Trinajstić information content (AvgIpc) is 2.43. The van der Waals surface area contributed by atoms with Crippen LogP contribution in [0.2, 0.25) is 6.04 Å². The van der Waals surface area contributed by atoms with E-state index < -0.39 is 17.5 Å². The maximum absolute atomic E-state index is 13.0. The zero-order valence-electron chi connectivity index (χ0n) is 12.2. The molecule has 0 unspecified atom stereocenters. The molecule has 1 aromatic rings. The first kappa shape index (κ1) is 17.3. The van der Waals surface area contributed by atoms with Crippen LogP contribution in [0.15, 0.2) is 12.1 Å². The van der Waals surface area contributed by atoms with Gasteiger partial charge in [-0.1, -0.05) is 69.5 Å². The molecule has 4 heteroatoms. The van der Waals surface area contributed by atoms with Gasteiger partial charge in [0.1, 0.15) is 0 Å². The van der Waals surface area contributed by atoms with Crippen LogP contribution >= 0.6 is 0 Å². The smallest absolute Gasteiger partial charge is 0.194 e. The number of rotatable bonds is 10. The zero-order valence-corrected chi connectivity index (χ0v) is 13.2. The van der Waals surface area contributed by atoms with Crippen molar-refractivity contribution in [3.8, 4) is 0 Å². The minimum absolute atomic E-state index is 0.359. The third-order valence-electron chi connectivity index (χ3n) is 3.34. The van der Waals surface area contributed by atoms with E-state index in [4.69, 9.17) is 0 Å². The molecule has 0 aromatic heterocycles. The molecule has 0 saturated heterocycles. The molecule has 0 spiro atoms. The lowest BCUT2D eigenvalue weighted by molar-refractivity contribution is 0.448. The van der Waals surface area contributed by atoms with Gasteiger partial charge in [-0.05, 0) is 12.1 Å². The average molecular weight is 300 g/mol. The Morgan fingerprint density at radius 2 is 1.30 bits per heavy atom. The molecule has 0 atom stereocenters. The summed E-state index contributed by atoms with van der Waals surface area (Å²) in [6.45, 7) is 2.21. The van der Waals surface area contributed by atoms with E-state index in [1.54, 1.807) is 0 Å². The minimum Gasteiger partial charge on any atom is -0.204 e. The van der Waals surface area contributed by atoms with Crippen LogP contribution in [0, 0.1) is 17.5 Å². The largest absolute Gasteiger partial charge is 0.204 e. The van der Waals surface area contributed by atoms with Crippen molar-refractivity contribution in [2.75, 3.05) is 0 Å². The van der Waals surface area contributed by atoms with Gasteiger partial charge in [0.05, 0.1) is 9.52 Å². The molecule has 0 aliphatic heterocycles. The van der Waals surface area contributed by atoms with Crippen molar-refractivity contribution >= 4 is 14.7 Å². The third-order valence-corrected chi connectivity index (χ3v) is 4.64. The van der Waals surface area contributed by atoms with Crippen LogP contribution in [0.3, 0.4) is 0 Å². The van der Waals surface area contributed by atoms with Gasteiger partial charge in [0.25, 0.3) is 0 Å². The molecule has 0 N–H and O–H groups in total. The lowest BCUT2D eigenvalue weighted by Crippen LogP contribution is -2.16. The predicted octanol–water partition coefficient (Wildman–Crippen LogP) is 4.99. The normalized spacial score (nSPS) is 11.0. The van der Waals surface area contributed by atoms with E-state index >= 15 is 0 Å². The fraction of sp³-hybridized carbons (Fsp3) is 0.625. The first-order valence-corrected chi connectivity index (χ1v) is 8.74. The SMILES string of the molecule is CCCCCCCCCC[Si]c1cc(F)c(F)c(F)c1. The summed E-state index contributed by atoms with van der Waals surface area (Å²) in [5.41, 5.74) is 0. The Balaban J connectivity index is 2.10. The monoisotopic (exact) mass is 300 g/mol. The highest BCUT2D eigenvalue weighted by Gasteiger charge is 2.10. The molecule has 0 aliphatic carbocycles. The van der Waals surface area contributed by atoms with Crippen LogP contribution in [0.25, 0.3) is 0 Å². The zero-order chi connectivity index (χ0) is 14.8. The molecule has 1 rings (SSSR count). The molecular weight excluding hydrogens is 277 g/mol. The number of hydrogen-bond acceptors (Lipinski definition) is 0. The van der Waals surface area contributed by atoms with E-state index in [2.05, 4.69) is 6.92 Å². The number of benzene rings is 1. The number of hydrogen-bond donors (Lipinski definition) is 0. The van der Waals surface area contributed by atoms with Gasteiger partial charge in [-0.3, -0.25) is 0 Å². The summed E-state index contributed by atoms with van der Waals surface area (Å²) in [5, 5.41) is 0.573. The first-order chi connectivity index (χ1) is 9.65. The van der Waals surface area contributed by atoms with E-state index in [0.717, 1.165) is 24.6 Å². The van der Waals surface area contributed by atoms with Crippen molar-refractivity contribution in [3.05, 3.63) is 29.6 Å². The summed E-state index contributed by atoms with van der Waals surface area (Å²) >= 11 is 0. The molecule has 112 valence electrons. The molecule has 0 amide bonds. The van der Waals surface area contributed by atoms with Crippen LogP contribution < -0.4 is 5.19 Å². The summed E-state index contributed by atoms with van der Waals surface area (Å²) < 4.78 is 38.8. The Morgan fingerprint density at radius 3 is 1.85 bits per heavy atom. The third kappa shape index (κ3) is 6.59. The van der Waals surface area contributed by atoms with Crippen molar-refractivity contribution in [3.63, 3.8) is 0 Å². The van der Waals surface area contributed by atoms with Crippen molar-refractivity contribution in [1.82, 2.24) is 0 Å². The van der Waals surface area contributed by atoms with Crippen molar-refractivity contribution in [1.29, 1.82) is 0 Å². The summed E-state index contributed by atoms with van der Waals surface area (Å²) in [7, 11) is 0.359. The lowest BCUT2D eigenvalue weighted by atomic mass is 10.1. The number of halogens is 3. The van der Waals surface area contributed by atoms with E-state index in [-0.39, 0.29) is 0 Å². The molecule has 0 bridgehead atoms. The topological polar surface area (TPSA) is 0 Å². The second kappa shape index (κ2) is 10.0. The fourth-order valence-electron chi connectivity index (χ4n) is 2.15. The van der Waals surface area contributed by atoms with Gasteiger partial charge < -0.3 is 0 Å². The van der Waals surface area contributed by atoms with Crippen LogP contribution in [0.1, 0.15) is 58.3 Å². The van der Waals surface area contributed by atoms with Crippen LogP contribution in [-0.2, 0) is 0 Å². The molecule has 0 aliphatic rings. The molecule has 20 heavy (non-hydrogen) atoms. The number of unbranched alkanes of at least 4 members (excludes halogenated alkanes) is 7. The van der Waals surface area contributed by atoms with Gasteiger partial charge in [-0.15, -0.1) is 0 Å². The molecule has 1 aromatic carbocycles. The van der Waals surface area contributed by atoms with Crippen molar-refractivity contribution in [2.45, 2.75) is 64.3 Å². The van der Waals surface area contributed by atoms with Crippen LogP contribution in [-0.4, -0.2) is 9.52 Å². The van der Waals surface area contributed by atoms with E-state index in [0.29, 0.717) is 14.7 Å². The molecular formula is C16H23F3Si. The molecule has 0 saturated carbocycles. The Labute approximate surface area is 122 Å². The summed E-state index contributed by atoms with van der Waals surface area (Å²) in [6.07, 6.45) is 9.99. The molecule has 0 fully saturated rings. The molecule has 0 nitrogen and oxygen atoms in total. The lowest BCUT2D eigenvalue weighted by Gasteiger charge is -2.03. The van der Waals surface area contributed by atoms with Gasteiger partial charge in [-0.25, -0.2) is 13.2 Å². The predicted molar refractivity (Wildman–Crippen MR) is 79.1 cm³/mol. The van der Waals surface area contributed by atoms with Gasteiger partial charge in [-0.2, -0.15) is 0 Å². The van der Waals surface area contributed by atoms with Gasteiger partial charge >= 0.3 is 0 Å². The van der Waals surface area contributed by atoms with Gasteiger partial charge in [0, 0.05) is 0 Å². The second-order valence-electron chi connectivity index (χ2n) is 5.16. The quantitative estimate of drug-likeness (QED) is 0.324. The maximum atomic E-state index is 13.0. The van der Waals surface area contributed by atoms with Crippen molar-refractivity contribution < 1.29 is 13.2 Å². The highest BCUT2D eigenvalue weighted by atomic mass is 28.2. The maximum Gasteiger partial charge on any atom is 0.194 e. The van der Waals surface area contributed by atoms with E-state index in [9.17, 15) is 13.2 Å². The minimum atomic E-state index is -1.37. The first-order valence-electron chi connectivity index (χ1n) is 7.53. The summed E-state index contributed by atoms with van der Waals surface area (Å²) in [6, 6.07) is 3.16. The van der Waals surface area contributed by atoms with Crippen molar-refractivity contribution in [2.24, 2.45) is 0 Å². The summed E-state index contributed by atoms with van der Waals surface area (Å²) in [5.74, 6) is -3.53. The van der Waals surface area contributed by atoms with E-state index in [1.165, 1.54) is 44.9 Å².